The van der Waals surface area contributed by atoms with Gasteiger partial charge >= 0.3 is 0 Å². The maximum atomic E-state index is 4.73. The van der Waals surface area contributed by atoms with Crippen LogP contribution in [0.4, 0.5) is 10.9 Å². The molecule has 4 aromatic rings. The van der Waals surface area contributed by atoms with E-state index in [1.807, 2.05) is 42.6 Å². The van der Waals surface area contributed by atoms with Gasteiger partial charge in [0.25, 0.3) is 0 Å². The molecule has 0 bridgehead atoms. The minimum Gasteiger partial charge on any atom is -0.353 e. The van der Waals surface area contributed by atoms with E-state index in [2.05, 4.69) is 31.3 Å². The van der Waals surface area contributed by atoms with Crippen LogP contribution in [0.3, 0.4) is 0 Å². The maximum Gasteiger partial charge on any atom is 0.205 e. The molecule has 26 heavy (non-hydrogen) atoms. The first-order valence-corrected chi connectivity index (χ1v) is 9.47. The number of aromatic amines is 1. The molecule has 0 spiro atoms. The van der Waals surface area contributed by atoms with Gasteiger partial charge in [-0.25, -0.2) is 4.98 Å². The predicted octanol–water partition coefficient (Wildman–Crippen LogP) is 3.41. The van der Waals surface area contributed by atoms with E-state index < -0.39 is 0 Å². The van der Waals surface area contributed by atoms with E-state index in [-0.39, 0.29) is 0 Å². The second-order valence-corrected chi connectivity index (χ2v) is 7.06. The minimum absolute atomic E-state index is 0.812. The van der Waals surface area contributed by atoms with E-state index in [1.54, 1.807) is 0 Å². The average Bonchev–Trinajstić information content (AvgIpc) is 3.38. The summed E-state index contributed by atoms with van der Waals surface area (Å²) in [5.41, 5.74) is 2.01. The van der Waals surface area contributed by atoms with E-state index in [0.717, 1.165) is 59.5 Å². The fourth-order valence-electron chi connectivity index (χ4n) is 3.27. The molecule has 0 atom stereocenters. The fourth-order valence-corrected chi connectivity index (χ4v) is 4.01. The van der Waals surface area contributed by atoms with Crippen molar-refractivity contribution in [3.63, 3.8) is 0 Å². The summed E-state index contributed by atoms with van der Waals surface area (Å²) in [6.45, 7) is 3.71. The summed E-state index contributed by atoms with van der Waals surface area (Å²) in [7, 11) is 0. The standard InChI is InChI=1S/C19H18N6S/c1-2-4-14(5-3-1)18-22-19(26-23-18)25-12-10-24(11-13-25)16-7-6-15-8-9-20-17(15)21-16/h1-9H,10-13H2,(H,20,21). The number of hydrogen-bond donors (Lipinski definition) is 1. The Bertz CT molecular complexity index is 1020. The number of nitrogens with one attached hydrogen (secondary N) is 1. The zero-order chi connectivity index (χ0) is 17.3. The average molecular weight is 362 g/mol. The smallest absolute Gasteiger partial charge is 0.205 e. The van der Waals surface area contributed by atoms with Gasteiger partial charge < -0.3 is 14.8 Å². The molecule has 1 aliphatic heterocycles. The molecule has 130 valence electrons. The molecule has 1 aromatic carbocycles. The number of aromatic nitrogens is 4. The van der Waals surface area contributed by atoms with Gasteiger partial charge in [-0.1, -0.05) is 30.3 Å². The lowest BCUT2D eigenvalue weighted by atomic mass is 10.2. The Hall–Kier alpha value is -2.93. The normalized spacial score (nSPS) is 14.9. The van der Waals surface area contributed by atoms with E-state index in [4.69, 9.17) is 9.97 Å². The Morgan fingerprint density at radius 2 is 1.65 bits per heavy atom. The predicted molar refractivity (Wildman–Crippen MR) is 106 cm³/mol. The van der Waals surface area contributed by atoms with Crippen LogP contribution in [0, 0.1) is 0 Å². The van der Waals surface area contributed by atoms with Gasteiger partial charge in [0, 0.05) is 54.9 Å². The zero-order valence-corrected chi connectivity index (χ0v) is 15.0. The van der Waals surface area contributed by atoms with E-state index in [9.17, 15) is 0 Å². The van der Waals surface area contributed by atoms with Crippen LogP contribution in [0.2, 0.25) is 0 Å². The first-order chi connectivity index (χ1) is 12.9. The van der Waals surface area contributed by atoms with E-state index in [0.29, 0.717) is 0 Å². The number of H-pyrrole nitrogens is 1. The van der Waals surface area contributed by atoms with Gasteiger partial charge in [-0.05, 0) is 18.2 Å². The monoisotopic (exact) mass is 362 g/mol. The summed E-state index contributed by atoms with van der Waals surface area (Å²) in [4.78, 5) is 17.3. The molecule has 0 unspecified atom stereocenters. The first-order valence-electron chi connectivity index (χ1n) is 8.70. The van der Waals surface area contributed by atoms with Crippen LogP contribution >= 0.6 is 11.5 Å². The molecule has 0 saturated carbocycles. The van der Waals surface area contributed by atoms with Crippen molar-refractivity contribution >= 4 is 33.5 Å². The molecular weight excluding hydrogens is 344 g/mol. The number of benzene rings is 1. The van der Waals surface area contributed by atoms with Crippen LogP contribution in [0.1, 0.15) is 0 Å². The van der Waals surface area contributed by atoms with Gasteiger partial charge in [0.2, 0.25) is 5.13 Å². The summed E-state index contributed by atoms with van der Waals surface area (Å²) in [5, 5.41) is 2.14. The third kappa shape index (κ3) is 2.80. The summed E-state index contributed by atoms with van der Waals surface area (Å²) < 4.78 is 4.53. The molecule has 0 aliphatic carbocycles. The highest BCUT2D eigenvalue weighted by atomic mass is 32.1. The number of nitrogens with zero attached hydrogens (tertiary/aromatic N) is 5. The molecule has 1 saturated heterocycles. The van der Waals surface area contributed by atoms with Crippen molar-refractivity contribution < 1.29 is 0 Å². The summed E-state index contributed by atoms with van der Waals surface area (Å²) in [6, 6.07) is 16.4. The van der Waals surface area contributed by atoms with Gasteiger partial charge in [-0.2, -0.15) is 9.36 Å². The molecule has 5 rings (SSSR count). The maximum absolute atomic E-state index is 4.73. The van der Waals surface area contributed by atoms with Crippen LogP contribution < -0.4 is 9.80 Å². The molecule has 1 aliphatic rings. The molecule has 3 aromatic heterocycles. The topological polar surface area (TPSA) is 60.9 Å². The second-order valence-electron chi connectivity index (χ2n) is 6.33. The van der Waals surface area contributed by atoms with Crippen LogP contribution in [0.15, 0.2) is 54.7 Å². The minimum atomic E-state index is 0.812. The van der Waals surface area contributed by atoms with Crippen molar-refractivity contribution in [3.8, 4) is 11.4 Å². The number of fused-ring (bicyclic) bond motifs is 1. The Kier molecular flexibility index (Phi) is 3.79. The lowest BCUT2D eigenvalue weighted by Crippen LogP contribution is -2.46. The lowest BCUT2D eigenvalue weighted by molar-refractivity contribution is 0.647. The summed E-state index contributed by atoms with van der Waals surface area (Å²) in [6.07, 6.45) is 1.93. The number of hydrogen-bond acceptors (Lipinski definition) is 6. The fraction of sp³-hybridized carbons (Fsp3) is 0.211. The number of rotatable bonds is 3. The van der Waals surface area contributed by atoms with Gasteiger partial charge in [-0.3, -0.25) is 0 Å². The van der Waals surface area contributed by atoms with Gasteiger partial charge in [0.1, 0.15) is 11.5 Å². The Morgan fingerprint density at radius 1 is 0.846 bits per heavy atom. The largest absolute Gasteiger partial charge is 0.353 e. The van der Waals surface area contributed by atoms with Gasteiger partial charge in [0.15, 0.2) is 5.82 Å². The van der Waals surface area contributed by atoms with Gasteiger partial charge in [0.05, 0.1) is 0 Å². The quantitative estimate of drug-likeness (QED) is 0.605. The van der Waals surface area contributed by atoms with Crippen LogP contribution in [0.25, 0.3) is 22.4 Å². The Morgan fingerprint density at radius 3 is 2.50 bits per heavy atom. The van der Waals surface area contributed by atoms with E-state index in [1.165, 1.54) is 11.5 Å². The van der Waals surface area contributed by atoms with Crippen molar-refractivity contribution in [1.29, 1.82) is 0 Å². The van der Waals surface area contributed by atoms with E-state index >= 15 is 0 Å². The molecule has 6 nitrogen and oxygen atoms in total. The van der Waals surface area contributed by atoms with Crippen molar-refractivity contribution in [2.45, 2.75) is 0 Å². The van der Waals surface area contributed by atoms with Crippen molar-refractivity contribution in [3.05, 3.63) is 54.7 Å². The second kappa shape index (κ2) is 6.42. The third-order valence-electron chi connectivity index (χ3n) is 4.72. The number of anilines is 2. The number of pyridine rings is 1. The molecule has 4 heterocycles. The molecular formula is C19H18N6S. The highest BCUT2D eigenvalue weighted by Crippen LogP contribution is 2.26. The van der Waals surface area contributed by atoms with Crippen molar-refractivity contribution in [2.75, 3.05) is 36.0 Å². The highest BCUT2D eigenvalue weighted by molar-refractivity contribution is 7.09. The highest BCUT2D eigenvalue weighted by Gasteiger charge is 2.21. The summed E-state index contributed by atoms with van der Waals surface area (Å²) >= 11 is 1.48. The van der Waals surface area contributed by atoms with Crippen LogP contribution in [-0.4, -0.2) is 45.5 Å². The van der Waals surface area contributed by atoms with Crippen molar-refractivity contribution in [1.82, 2.24) is 19.3 Å². The first kappa shape index (κ1) is 15.3. The summed E-state index contributed by atoms with van der Waals surface area (Å²) in [5.74, 6) is 1.84. The zero-order valence-electron chi connectivity index (χ0n) is 14.2. The Labute approximate surface area is 155 Å². The molecule has 0 amide bonds. The molecule has 1 fully saturated rings. The number of piperazine rings is 1. The molecule has 7 heteroatoms. The third-order valence-corrected chi connectivity index (χ3v) is 5.49. The van der Waals surface area contributed by atoms with Crippen LogP contribution in [0.5, 0.6) is 0 Å². The van der Waals surface area contributed by atoms with Gasteiger partial charge in [-0.15, -0.1) is 0 Å². The Balaban J connectivity index is 1.29. The molecule has 1 N–H and O–H groups in total. The van der Waals surface area contributed by atoms with Crippen molar-refractivity contribution in [2.24, 2.45) is 0 Å². The SMILES string of the molecule is c1ccc(-c2nsc(N3CCN(c4ccc5cc[nH]c5n4)CC3)n2)cc1. The van der Waals surface area contributed by atoms with Crippen LogP contribution in [-0.2, 0) is 0 Å². The lowest BCUT2D eigenvalue weighted by Gasteiger charge is -2.35. The molecule has 0 radical (unpaired) electrons.